The van der Waals surface area contributed by atoms with Crippen molar-refractivity contribution in [1.29, 1.82) is 0 Å². The molecule has 0 saturated heterocycles. The van der Waals surface area contributed by atoms with Gasteiger partial charge in [-0.25, -0.2) is 12.7 Å². The number of thiophene rings is 1. The van der Waals surface area contributed by atoms with Gasteiger partial charge in [0.2, 0.25) is 10.0 Å². The fourth-order valence-electron chi connectivity index (χ4n) is 2.59. The van der Waals surface area contributed by atoms with Gasteiger partial charge in [-0.15, -0.1) is 11.3 Å². The van der Waals surface area contributed by atoms with Crippen LogP contribution in [-0.2, 0) is 10.0 Å². The summed E-state index contributed by atoms with van der Waals surface area (Å²) in [5.74, 6) is -0.242. The van der Waals surface area contributed by atoms with Crippen molar-refractivity contribution in [3.8, 4) is 0 Å². The third kappa shape index (κ3) is 3.38. The van der Waals surface area contributed by atoms with Crippen molar-refractivity contribution in [2.24, 2.45) is 0 Å². The predicted molar refractivity (Wildman–Crippen MR) is 107 cm³/mol. The van der Waals surface area contributed by atoms with Gasteiger partial charge >= 0.3 is 0 Å². The van der Waals surface area contributed by atoms with E-state index in [4.69, 9.17) is 0 Å². The molecule has 0 spiro atoms. The van der Waals surface area contributed by atoms with Gasteiger partial charge in [0.15, 0.2) is 0 Å². The molecule has 1 amide bonds. The number of carbonyl (C=O) groups is 1. The first-order valence-electron chi connectivity index (χ1n) is 8.04. The van der Waals surface area contributed by atoms with E-state index in [9.17, 15) is 13.2 Å². The van der Waals surface area contributed by atoms with Crippen LogP contribution in [0.15, 0.2) is 47.4 Å². The van der Waals surface area contributed by atoms with Crippen molar-refractivity contribution in [2.75, 3.05) is 19.4 Å². The number of benzene rings is 2. The van der Waals surface area contributed by atoms with Crippen LogP contribution in [-0.4, -0.2) is 32.7 Å². The quantitative estimate of drug-likeness (QED) is 0.734. The van der Waals surface area contributed by atoms with E-state index in [1.54, 1.807) is 6.07 Å². The number of fused-ring (bicyclic) bond motifs is 1. The van der Waals surface area contributed by atoms with Crippen LogP contribution in [0.1, 0.15) is 20.8 Å². The summed E-state index contributed by atoms with van der Waals surface area (Å²) in [6.07, 6.45) is 0. The van der Waals surface area contributed by atoms with E-state index in [1.165, 1.54) is 31.5 Å². The monoisotopic (exact) mass is 388 g/mol. The highest BCUT2D eigenvalue weighted by atomic mass is 32.2. The van der Waals surface area contributed by atoms with Gasteiger partial charge in [-0.05, 0) is 54.6 Å². The largest absolute Gasteiger partial charge is 0.321 e. The average Bonchev–Trinajstić information content (AvgIpc) is 3.02. The summed E-state index contributed by atoms with van der Waals surface area (Å²) in [5.41, 5.74) is 2.16. The Labute approximate surface area is 157 Å². The Morgan fingerprint density at radius 3 is 2.42 bits per heavy atom. The van der Waals surface area contributed by atoms with E-state index in [0.29, 0.717) is 10.6 Å². The number of hydrogen-bond donors (Lipinski definition) is 1. The Morgan fingerprint density at radius 1 is 1.08 bits per heavy atom. The number of nitrogens with zero attached hydrogens (tertiary/aromatic N) is 1. The van der Waals surface area contributed by atoms with Crippen molar-refractivity contribution in [3.05, 3.63) is 58.5 Å². The van der Waals surface area contributed by atoms with Gasteiger partial charge in [-0.3, -0.25) is 4.79 Å². The van der Waals surface area contributed by atoms with Gasteiger partial charge in [0.25, 0.3) is 5.91 Å². The van der Waals surface area contributed by atoms with Crippen molar-refractivity contribution in [2.45, 2.75) is 18.7 Å². The number of amides is 1. The molecule has 3 aromatic rings. The van der Waals surface area contributed by atoms with Crippen LogP contribution in [0.5, 0.6) is 0 Å². The van der Waals surface area contributed by atoms with Crippen LogP contribution in [0.3, 0.4) is 0 Å². The van der Waals surface area contributed by atoms with Gasteiger partial charge in [0.05, 0.1) is 9.77 Å². The molecule has 3 rings (SSSR count). The zero-order chi connectivity index (χ0) is 19.1. The predicted octanol–water partition coefficient (Wildman–Crippen LogP) is 4.02. The minimum atomic E-state index is -3.57. The Hall–Kier alpha value is -2.22. The molecular weight excluding hydrogens is 368 g/mol. The Kier molecular flexibility index (Phi) is 4.88. The zero-order valence-corrected chi connectivity index (χ0v) is 16.7. The first-order chi connectivity index (χ1) is 12.2. The Bertz CT molecular complexity index is 1070. The molecule has 1 heterocycles. The van der Waals surface area contributed by atoms with Gasteiger partial charge in [-0.2, -0.15) is 0 Å². The summed E-state index contributed by atoms with van der Waals surface area (Å²) in [4.78, 5) is 13.4. The molecule has 136 valence electrons. The van der Waals surface area contributed by atoms with E-state index in [0.717, 1.165) is 25.5 Å². The van der Waals surface area contributed by atoms with Gasteiger partial charge in [0, 0.05) is 24.5 Å². The molecule has 0 bridgehead atoms. The van der Waals surface area contributed by atoms with Crippen molar-refractivity contribution >= 4 is 43.0 Å². The van der Waals surface area contributed by atoms with Crippen LogP contribution >= 0.6 is 11.3 Å². The minimum absolute atomic E-state index is 0.164. The average molecular weight is 389 g/mol. The number of hydrogen-bond acceptors (Lipinski definition) is 4. The lowest BCUT2D eigenvalue weighted by atomic mass is 10.1. The summed E-state index contributed by atoms with van der Waals surface area (Å²) in [6.45, 7) is 3.70. The van der Waals surface area contributed by atoms with E-state index in [2.05, 4.69) is 5.32 Å². The fraction of sp³-hybridized carbons (Fsp3) is 0.211. The molecular formula is C19H20N2O3S2. The second-order valence-corrected chi connectivity index (χ2v) is 9.54. The lowest BCUT2D eigenvalue weighted by Gasteiger charge is -2.16. The lowest BCUT2D eigenvalue weighted by molar-refractivity contribution is 0.103. The molecule has 0 radical (unpaired) electrons. The molecule has 2 aromatic carbocycles. The highest BCUT2D eigenvalue weighted by Crippen LogP contribution is 2.29. The molecule has 0 aliphatic rings. The van der Waals surface area contributed by atoms with E-state index < -0.39 is 10.0 Å². The lowest BCUT2D eigenvalue weighted by Crippen LogP contribution is -2.23. The van der Waals surface area contributed by atoms with E-state index in [1.807, 2.05) is 44.2 Å². The SMILES string of the molecule is Cc1cc(S(=O)(=O)N(C)C)cc(NC(=O)c2cc3ccccc3s2)c1C. The van der Waals surface area contributed by atoms with E-state index in [-0.39, 0.29) is 10.8 Å². The van der Waals surface area contributed by atoms with Crippen molar-refractivity contribution in [1.82, 2.24) is 4.31 Å². The van der Waals surface area contributed by atoms with Crippen LogP contribution in [0, 0.1) is 13.8 Å². The molecule has 0 aliphatic carbocycles. The smallest absolute Gasteiger partial charge is 0.265 e. The first-order valence-corrected chi connectivity index (χ1v) is 10.3. The van der Waals surface area contributed by atoms with Crippen LogP contribution in [0.4, 0.5) is 5.69 Å². The number of nitrogens with one attached hydrogen (secondary N) is 1. The number of carbonyl (C=O) groups excluding carboxylic acids is 1. The second-order valence-electron chi connectivity index (χ2n) is 6.30. The maximum Gasteiger partial charge on any atom is 0.265 e. The molecule has 0 fully saturated rings. The Morgan fingerprint density at radius 2 is 1.77 bits per heavy atom. The maximum absolute atomic E-state index is 12.7. The molecule has 0 atom stereocenters. The molecule has 7 heteroatoms. The van der Waals surface area contributed by atoms with Crippen molar-refractivity contribution in [3.63, 3.8) is 0 Å². The number of anilines is 1. The molecule has 26 heavy (non-hydrogen) atoms. The number of aryl methyl sites for hydroxylation is 1. The molecule has 0 aliphatic heterocycles. The summed E-state index contributed by atoms with van der Waals surface area (Å²) in [7, 11) is -0.603. The third-order valence-corrected chi connectivity index (χ3v) is 7.22. The van der Waals surface area contributed by atoms with Crippen LogP contribution in [0.25, 0.3) is 10.1 Å². The van der Waals surface area contributed by atoms with Gasteiger partial charge in [-0.1, -0.05) is 18.2 Å². The normalized spacial score (nSPS) is 11.9. The second kappa shape index (κ2) is 6.83. The first kappa shape index (κ1) is 18.6. The fourth-order valence-corrected chi connectivity index (χ4v) is 4.57. The van der Waals surface area contributed by atoms with Crippen molar-refractivity contribution < 1.29 is 13.2 Å². The van der Waals surface area contributed by atoms with Gasteiger partial charge in [0.1, 0.15) is 0 Å². The molecule has 1 N–H and O–H groups in total. The summed E-state index contributed by atoms with van der Waals surface area (Å²) < 4.78 is 27.1. The molecule has 1 aromatic heterocycles. The summed E-state index contributed by atoms with van der Waals surface area (Å²) in [6, 6.07) is 12.8. The number of sulfonamides is 1. The molecule has 0 unspecified atom stereocenters. The third-order valence-electron chi connectivity index (χ3n) is 4.32. The Balaban J connectivity index is 1.98. The number of rotatable bonds is 4. The van der Waals surface area contributed by atoms with Crippen LogP contribution in [0.2, 0.25) is 0 Å². The standard InChI is InChI=1S/C19H20N2O3S2/c1-12-9-15(26(23,24)21(3)4)11-16(13(12)2)20-19(22)18-10-14-7-5-6-8-17(14)25-18/h5-11H,1-4H3,(H,20,22). The highest BCUT2D eigenvalue weighted by Gasteiger charge is 2.20. The molecule has 5 nitrogen and oxygen atoms in total. The minimum Gasteiger partial charge on any atom is -0.321 e. The summed E-state index contributed by atoms with van der Waals surface area (Å²) >= 11 is 1.41. The zero-order valence-electron chi connectivity index (χ0n) is 15.0. The maximum atomic E-state index is 12.7. The topological polar surface area (TPSA) is 66.5 Å². The summed E-state index contributed by atoms with van der Waals surface area (Å²) in [5, 5.41) is 3.88. The van der Waals surface area contributed by atoms with E-state index >= 15 is 0 Å². The highest BCUT2D eigenvalue weighted by molar-refractivity contribution is 7.89. The molecule has 0 saturated carbocycles. The van der Waals surface area contributed by atoms with Gasteiger partial charge < -0.3 is 5.32 Å². The van der Waals surface area contributed by atoms with Crippen LogP contribution < -0.4 is 5.32 Å².